The quantitative estimate of drug-likeness (QED) is 0.851. The van der Waals surface area contributed by atoms with Gasteiger partial charge in [-0.25, -0.2) is 0 Å². The average Bonchev–Trinajstić information content (AvgIpc) is 2.38. The molecule has 0 bridgehead atoms. The highest BCUT2D eigenvalue weighted by Gasteiger charge is 2.04. The number of methoxy groups -OCH3 is 1. The first-order chi connectivity index (χ1) is 7.85. The molecule has 2 heteroatoms. The highest BCUT2D eigenvalue weighted by molar-refractivity contribution is 5.70. The fourth-order valence-electron chi connectivity index (χ4n) is 1.72. The van der Waals surface area contributed by atoms with Crippen LogP contribution in [0.2, 0.25) is 0 Å². The molecule has 2 aromatic rings. The van der Waals surface area contributed by atoms with Gasteiger partial charge in [-0.2, -0.15) is 0 Å². The number of aliphatic hydroxyl groups is 1. The van der Waals surface area contributed by atoms with Gasteiger partial charge in [0.1, 0.15) is 5.75 Å². The molecule has 0 atom stereocenters. The summed E-state index contributed by atoms with van der Waals surface area (Å²) >= 11 is 0. The number of hydrogen-bond acceptors (Lipinski definition) is 2. The van der Waals surface area contributed by atoms with Crippen molar-refractivity contribution in [3.8, 4) is 16.9 Å². The third kappa shape index (κ3) is 2.07. The minimum absolute atomic E-state index is 0.0585. The van der Waals surface area contributed by atoms with Crippen LogP contribution in [0.4, 0.5) is 0 Å². The van der Waals surface area contributed by atoms with Crippen molar-refractivity contribution >= 4 is 0 Å². The lowest BCUT2D eigenvalue weighted by Crippen LogP contribution is -1.89. The summed E-state index contributed by atoms with van der Waals surface area (Å²) in [7, 11) is 1.66. The van der Waals surface area contributed by atoms with Crippen LogP contribution in [0.5, 0.6) is 5.75 Å². The lowest BCUT2D eigenvalue weighted by atomic mass is 10.0. The molecule has 0 aliphatic heterocycles. The first-order valence-corrected chi connectivity index (χ1v) is 5.18. The minimum Gasteiger partial charge on any atom is -0.496 e. The van der Waals surface area contributed by atoms with Crippen LogP contribution in [0.1, 0.15) is 5.56 Å². The van der Waals surface area contributed by atoms with Gasteiger partial charge < -0.3 is 9.84 Å². The van der Waals surface area contributed by atoms with Crippen LogP contribution in [-0.2, 0) is 6.61 Å². The van der Waals surface area contributed by atoms with Crippen molar-refractivity contribution in [2.24, 2.45) is 0 Å². The monoisotopic (exact) mass is 214 g/mol. The topological polar surface area (TPSA) is 29.5 Å². The van der Waals surface area contributed by atoms with E-state index in [-0.39, 0.29) is 6.61 Å². The van der Waals surface area contributed by atoms with Crippen LogP contribution in [-0.4, -0.2) is 12.2 Å². The summed E-state index contributed by atoms with van der Waals surface area (Å²) in [6, 6.07) is 15.7. The number of para-hydroxylation sites is 1. The molecule has 0 aliphatic carbocycles. The van der Waals surface area contributed by atoms with Gasteiger partial charge in [0.05, 0.1) is 13.7 Å². The second-order valence-corrected chi connectivity index (χ2v) is 3.56. The van der Waals surface area contributed by atoms with Crippen molar-refractivity contribution in [2.75, 3.05) is 7.11 Å². The third-order valence-corrected chi connectivity index (χ3v) is 2.53. The molecule has 0 spiro atoms. The molecule has 0 heterocycles. The Hall–Kier alpha value is -1.80. The molecule has 0 unspecified atom stereocenters. The Kier molecular flexibility index (Phi) is 3.22. The average molecular weight is 214 g/mol. The maximum Gasteiger partial charge on any atom is 0.126 e. The maximum absolute atomic E-state index is 9.10. The molecule has 2 nitrogen and oxygen atoms in total. The Labute approximate surface area is 95.1 Å². The molecule has 0 saturated heterocycles. The third-order valence-electron chi connectivity index (χ3n) is 2.53. The molecule has 82 valence electrons. The summed E-state index contributed by atoms with van der Waals surface area (Å²) in [5.41, 5.74) is 3.01. The van der Waals surface area contributed by atoms with Crippen molar-refractivity contribution < 1.29 is 9.84 Å². The molecule has 0 aromatic heterocycles. The number of aliphatic hydroxyl groups excluding tert-OH is 1. The first-order valence-electron chi connectivity index (χ1n) is 5.18. The van der Waals surface area contributed by atoms with E-state index in [4.69, 9.17) is 9.84 Å². The zero-order valence-corrected chi connectivity index (χ0v) is 9.18. The molecule has 0 saturated carbocycles. The second-order valence-electron chi connectivity index (χ2n) is 3.56. The normalized spacial score (nSPS) is 10.1. The molecular weight excluding hydrogens is 200 g/mol. The van der Waals surface area contributed by atoms with E-state index in [0.717, 1.165) is 22.4 Å². The van der Waals surface area contributed by atoms with Crippen molar-refractivity contribution in [1.82, 2.24) is 0 Å². The number of rotatable bonds is 3. The summed E-state index contributed by atoms with van der Waals surface area (Å²) < 4.78 is 5.31. The lowest BCUT2D eigenvalue weighted by molar-refractivity contribution is 0.282. The Morgan fingerprint density at radius 2 is 1.88 bits per heavy atom. The molecule has 0 fully saturated rings. The van der Waals surface area contributed by atoms with Gasteiger partial charge in [0.15, 0.2) is 0 Å². The molecule has 0 aliphatic rings. The van der Waals surface area contributed by atoms with Crippen LogP contribution in [0.15, 0.2) is 48.5 Å². The summed E-state index contributed by atoms with van der Waals surface area (Å²) in [4.78, 5) is 0. The largest absolute Gasteiger partial charge is 0.496 e. The summed E-state index contributed by atoms with van der Waals surface area (Å²) in [5, 5.41) is 9.10. The Morgan fingerprint density at radius 3 is 2.62 bits per heavy atom. The van der Waals surface area contributed by atoms with Gasteiger partial charge in [0, 0.05) is 5.56 Å². The number of benzene rings is 2. The van der Waals surface area contributed by atoms with Crippen LogP contribution in [0.25, 0.3) is 11.1 Å². The van der Waals surface area contributed by atoms with Crippen LogP contribution >= 0.6 is 0 Å². The molecule has 0 radical (unpaired) electrons. The van der Waals surface area contributed by atoms with Gasteiger partial charge in [-0.05, 0) is 23.3 Å². The number of ether oxygens (including phenoxy) is 1. The van der Waals surface area contributed by atoms with Crippen molar-refractivity contribution in [1.29, 1.82) is 0 Å². The molecule has 0 amide bonds. The zero-order chi connectivity index (χ0) is 11.4. The fraction of sp³-hybridized carbons (Fsp3) is 0.143. The highest BCUT2D eigenvalue weighted by atomic mass is 16.5. The Morgan fingerprint density at radius 1 is 1.06 bits per heavy atom. The standard InChI is InChI=1S/C14H14O2/c1-16-14-8-3-2-7-13(14)12-6-4-5-11(9-12)10-15/h2-9,15H,10H2,1H3. The Bertz CT molecular complexity index is 478. The summed E-state index contributed by atoms with van der Waals surface area (Å²) in [6.45, 7) is 0.0585. The molecule has 2 aromatic carbocycles. The second kappa shape index (κ2) is 4.81. The van der Waals surface area contributed by atoms with Gasteiger partial charge in [-0.1, -0.05) is 36.4 Å². The van der Waals surface area contributed by atoms with E-state index in [1.54, 1.807) is 7.11 Å². The van der Waals surface area contributed by atoms with E-state index in [2.05, 4.69) is 0 Å². The summed E-state index contributed by atoms with van der Waals surface area (Å²) in [6.07, 6.45) is 0. The smallest absolute Gasteiger partial charge is 0.126 e. The van der Waals surface area contributed by atoms with E-state index >= 15 is 0 Å². The molecule has 16 heavy (non-hydrogen) atoms. The number of hydrogen-bond donors (Lipinski definition) is 1. The fourth-order valence-corrected chi connectivity index (χ4v) is 1.72. The van der Waals surface area contributed by atoms with Crippen LogP contribution in [0, 0.1) is 0 Å². The first kappa shape index (κ1) is 10.7. The lowest BCUT2D eigenvalue weighted by Gasteiger charge is -2.09. The van der Waals surface area contributed by atoms with Gasteiger partial charge in [0.25, 0.3) is 0 Å². The molecule has 1 N–H and O–H groups in total. The molecule has 2 rings (SSSR count). The van der Waals surface area contributed by atoms with E-state index in [0.29, 0.717) is 0 Å². The SMILES string of the molecule is COc1ccccc1-c1cccc(CO)c1. The van der Waals surface area contributed by atoms with Crippen LogP contribution in [0.3, 0.4) is 0 Å². The zero-order valence-electron chi connectivity index (χ0n) is 9.18. The van der Waals surface area contributed by atoms with E-state index < -0.39 is 0 Å². The van der Waals surface area contributed by atoms with E-state index in [9.17, 15) is 0 Å². The highest BCUT2D eigenvalue weighted by Crippen LogP contribution is 2.29. The predicted molar refractivity (Wildman–Crippen MR) is 64.4 cm³/mol. The van der Waals surface area contributed by atoms with Gasteiger partial charge in [-0.3, -0.25) is 0 Å². The van der Waals surface area contributed by atoms with E-state index in [1.165, 1.54) is 0 Å². The van der Waals surface area contributed by atoms with E-state index in [1.807, 2.05) is 48.5 Å². The van der Waals surface area contributed by atoms with Crippen LogP contribution < -0.4 is 4.74 Å². The van der Waals surface area contributed by atoms with Gasteiger partial charge >= 0.3 is 0 Å². The van der Waals surface area contributed by atoms with Crippen molar-refractivity contribution in [3.05, 3.63) is 54.1 Å². The van der Waals surface area contributed by atoms with Crippen molar-refractivity contribution in [3.63, 3.8) is 0 Å². The van der Waals surface area contributed by atoms with Gasteiger partial charge in [-0.15, -0.1) is 0 Å². The van der Waals surface area contributed by atoms with Crippen molar-refractivity contribution in [2.45, 2.75) is 6.61 Å². The predicted octanol–water partition coefficient (Wildman–Crippen LogP) is 2.85. The minimum atomic E-state index is 0.0585. The summed E-state index contributed by atoms with van der Waals surface area (Å²) in [5.74, 6) is 0.845. The maximum atomic E-state index is 9.10. The van der Waals surface area contributed by atoms with Gasteiger partial charge in [0.2, 0.25) is 0 Å². The Balaban J connectivity index is 2.49. The molecular formula is C14H14O2.